The molecule has 0 amide bonds. The molecule has 2 atom stereocenters. The summed E-state index contributed by atoms with van der Waals surface area (Å²) in [5.41, 5.74) is -1.12. The van der Waals surface area contributed by atoms with E-state index in [-0.39, 0.29) is 30.2 Å². The number of halogens is 3. The fraction of sp³-hybridized carbons (Fsp3) is 0.583. The van der Waals surface area contributed by atoms with Gasteiger partial charge in [-0.1, -0.05) is 0 Å². The molecule has 1 fully saturated rings. The summed E-state index contributed by atoms with van der Waals surface area (Å²) < 4.78 is 68.8. The molecule has 1 aliphatic rings. The van der Waals surface area contributed by atoms with E-state index in [0.29, 0.717) is 6.07 Å². The number of alkyl halides is 3. The number of sulfonamides is 1. The molecule has 0 saturated carbocycles. The zero-order valence-corrected chi connectivity index (χ0v) is 12.3. The molecule has 118 valence electrons. The van der Waals surface area contributed by atoms with E-state index in [1.165, 1.54) is 4.31 Å². The van der Waals surface area contributed by atoms with Gasteiger partial charge in [0.15, 0.2) is 0 Å². The second-order valence-electron chi connectivity index (χ2n) is 4.94. The molecule has 0 N–H and O–H groups in total. The predicted molar refractivity (Wildman–Crippen MR) is 68.0 cm³/mol. The molecule has 0 unspecified atom stereocenters. The molecule has 0 aliphatic carbocycles. The Labute approximate surface area is 120 Å². The molecule has 1 aliphatic heterocycles. The van der Waals surface area contributed by atoms with Crippen LogP contribution in [0.15, 0.2) is 23.2 Å². The fourth-order valence-corrected chi connectivity index (χ4v) is 3.68. The minimum atomic E-state index is -4.59. The molecule has 21 heavy (non-hydrogen) atoms. The van der Waals surface area contributed by atoms with Crippen molar-refractivity contribution >= 4 is 10.0 Å². The van der Waals surface area contributed by atoms with E-state index in [2.05, 4.69) is 4.98 Å². The van der Waals surface area contributed by atoms with Gasteiger partial charge in [-0.3, -0.25) is 4.98 Å². The van der Waals surface area contributed by atoms with Crippen LogP contribution < -0.4 is 0 Å². The van der Waals surface area contributed by atoms with Gasteiger partial charge in [-0.05, 0) is 26.0 Å². The standard InChI is InChI=1S/C12H15F3N2O3S/c1-8-7-20-9(2)6-17(8)21(18,19)10-3-4-11(16-5-10)12(13,14)15/h3-5,8-9H,6-7H2,1-2H3/t8-,9+/m1/s1. The second-order valence-corrected chi connectivity index (χ2v) is 6.84. The van der Waals surface area contributed by atoms with Crippen molar-refractivity contribution in [2.75, 3.05) is 13.2 Å². The molecule has 0 aromatic carbocycles. The van der Waals surface area contributed by atoms with E-state index < -0.39 is 21.9 Å². The molecule has 0 radical (unpaired) electrons. The largest absolute Gasteiger partial charge is 0.433 e. The summed E-state index contributed by atoms with van der Waals surface area (Å²) in [6.07, 6.45) is -4.12. The van der Waals surface area contributed by atoms with Gasteiger partial charge in [0.1, 0.15) is 10.6 Å². The number of nitrogens with zero attached hydrogens (tertiary/aromatic N) is 2. The first kappa shape index (κ1) is 16.2. The minimum Gasteiger partial charge on any atom is -0.375 e. The SMILES string of the molecule is C[C@@H]1CO[C@@H](C)CN1S(=O)(=O)c1ccc(C(F)(F)F)nc1. The Morgan fingerprint density at radius 2 is 2.00 bits per heavy atom. The Hall–Kier alpha value is -1.19. The van der Waals surface area contributed by atoms with E-state index >= 15 is 0 Å². The van der Waals surface area contributed by atoms with Crippen LogP contribution in [-0.2, 0) is 20.9 Å². The van der Waals surface area contributed by atoms with E-state index in [1.807, 2.05) is 0 Å². The Morgan fingerprint density at radius 1 is 1.33 bits per heavy atom. The Balaban J connectivity index is 2.31. The van der Waals surface area contributed by atoms with Crippen LogP contribution in [0.5, 0.6) is 0 Å². The van der Waals surface area contributed by atoms with Crippen molar-refractivity contribution in [3.63, 3.8) is 0 Å². The first-order valence-electron chi connectivity index (χ1n) is 6.29. The van der Waals surface area contributed by atoms with Gasteiger partial charge in [0.2, 0.25) is 10.0 Å². The molecule has 0 bridgehead atoms. The Morgan fingerprint density at radius 3 is 2.52 bits per heavy atom. The maximum absolute atomic E-state index is 12.5. The van der Waals surface area contributed by atoms with Gasteiger partial charge in [-0.15, -0.1) is 0 Å². The molecule has 2 heterocycles. The monoisotopic (exact) mass is 324 g/mol. The summed E-state index contributed by atoms with van der Waals surface area (Å²) in [5, 5.41) is 0. The summed E-state index contributed by atoms with van der Waals surface area (Å²) in [7, 11) is -3.88. The number of ether oxygens (including phenoxy) is 1. The van der Waals surface area contributed by atoms with Crippen molar-refractivity contribution in [2.24, 2.45) is 0 Å². The summed E-state index contributed by atoms with van der Waals surface area (Å²) in [4.78, 5) is 2.94. The third-order valence-electron chi connectivity index (χ3n) is 3.18. The van der Waals surface area contributed by atoms with Crippen LogP contribution in [0.3, 0.4) is 0 Å². The van der Waals surface area contributed by atoms with Crippen molar-refractivity contribution in [3.8, 4) is 0 Å². The summed E-state index contributed by atoms with van der Waals surface area (Å²) in [5.74, 6) is 0. The van der Waals surface area contributed by atoms with Gasteiger partial charge < -0.3 is 4.74 Å². The number of hydrogen-bond donors (Lipinski definition) is 0. The average molecular weight is 324 g/mol. The zero-order chi connectivity index (χ0) is 15.8. The number of rotatable bonds is 2. The van der Waals surface area contributed by atoms with E-state index in [4.69, 9.17) is 4.74 Å². The van der Waals surface area contributed by atoms with Crippen molar-refractivity contribution in [2.45, 2.75) is 37.1 Å². The summed E-state index contributed by atoms with van der Waals surface area (Å²) >= 11 is 0. The first-order valence-corrected chi connectivity index (χ1v) is 7.73. The topological polar surface area (TPSA) is 59.5 Å². The van der Waals surface area contributed by atoms with Crippen molar-refractivity contribution in [1.82, 2.24) is 9.29 Å². The maximum atomic E-state index is 12.5. The lowest BCUT2D eigenvalue weighted by atomic mass is 10.2. The molecule has 1 saturated heterocycles. The van der Waals surface area contributed by atoms with Crippen LogP contribution in [0.25, 0.3) is 0 Å². The van der Waals surface area contributed by atoms with Crippen LogP contribution in [0.4, 0.5) is 13.2 Å². The smallest absolute Gasteiger partial charge is 0.375 e. The molecule has 0 spiro atoms. The van der Waals surface area contributed by atoms with Crippen LogP contribution in [0.2, 0.25) is 0 Å². The maximum Gasteiger partial charge on any atom is 0.433 e. The van der Waals surface area contributed by atoms with Gasteiger partial charge in [-0.25, -0.2) is 8.42 Å². The highest BCUT2D eigenvalue weighted by molar-refractivity contribution is 7.89. The lowest BCUT2D eigenvalue weighted by Gasteiger charge is -2.35. The van der Waals surface area contributed by atoms with Crippen molar-refractivity contribution in [3.05, 3.63) is 24.0 Å². The third kappa shape index (κ3) is 3.35. The number of hydrogen-bond acceptors (Lipinski definition) is 4. The van der Waals surface area contributed by atoms with Gasteiger partial charge in [0, 0.05) is 18.8 Å². The second kappa shape index (κ2) is 5.54. The lowest BCUT2D eigenvalue weighted by molar-refractivity contribution is -0.141. The summed E-state index contributed by atoms with van der Waals surface area (Å²) in [6, 6.07) is 1.22. The van der Waals surface area contributed by atoms with E-state index in [9.17, 15) is 21.6 Å². The van der Waals surface area contributed by atoms with E-state index in [1.54, 1.807) is 13.8 Å². The number of aromatic nitrogens is 1. The van der Waals surface area contributed by atoms with Crippen molar-refractivity contribution in [1.29, 1.82) is 0 Å². The van der Waals surface area contributed by atoms with Crippen molar-refractivity contribution < 1.29 is 26.3 Å². The third-order valence-corrected chi connectivity index (χ3v) is 5.15. The average Bonchev–Trinajstić information content (AvgIpc) is 2.40. The molecule has 5 nitrogen and oxygen atoms in total. The highest BCUT2D eigenvalue weighted by atomic mass is 32.2. The fourth-order valence-electron chi connectivity index (χ4n) is 2.04. The highest BCUT2D eigenvalue weighted by Gasteiger charge is 2.36. The lowest BCUT2D eigenvalue weighted by Crippen LogP contribution is -2.50. The van der Waals surface area contributed by atoms with Gasteiger partial charge in [-0.2, -0.15) is 17.5 Å². The zero-order valence-electron chi connectivity index (χ0n) is 11.5. The molecule has 2 rings (SSSR count). The van der Waals surface area contributed by atoms with Crippen LogP contribution in [-0.4, -0.2) is 43.0 Å². The normalized spacial score (nSPS) is 25.0. The first-order chi connectivity index (χ1) is 9.62. The quantitative estimate of drug-likeness (QED) is 0.834. The van der Waals surface area contributed by atoms with Gasteiger partial charge in [0.05, 0.1) is 12.7 Å². The van der Waals surface area contributed by atoms with E-state index in [0.717, 1.165) is 12.3 Å². The Bertz CT molecular complexity index is 601. The molecule has 1 aromatic heterocycles. The number of pyridine rings is 1. The Kier molecular flexibility index (Phi) is 4.27. The number of morpholine rings is 1. The predicted octanol–water partition coefficient (Wildman–Crippen LogP) is 1.90. The molecule has 1 aromatic rings. The van der Waals surface area contributed by atoms with Gasteiger partial charge in [0.25, 0.3) is 0 Å². The van der Waals surface area contributed by atoms with Crippen LogP contribution in [0.1, 0.15) is 19.5 Å². The summed E-state index contributed by atoms with van der Waals surface area (Å²) in [6.45, 7) is 3.82. The molecular weight excluding hydrogens is 309 g/mol. The van der Waals surface area contributed by atoms with Crippen LogP contribution in [0, 0.1) is 0 Å². The molecular formula is C12H15F3N2O3S. The highest BCUT2D eigenvalue weighted by Crippen LogP contribution is 2.29. The minimum absolute atomic E-state index is 0.157. The van der Waals surface area contributed by atoms with Gasteiger partial charge >= 0.3 is 6.18 Å². The van der Waals surface area contributed by atoms with Crippen LogP contribution >= 0.6 is 0 Å². The molecule has 9 heteroatoms.